The number of amides is 3. The molecule has 0 radical (unpaired) electrons. The fourth-order valence-electron chi connectivity index (χ4n) is 4.17. The van der Waals surface area contributed by atoms with Gasteiger partial charge in [0.2, 0.25) is 0 Å². The van der Waals surface area contributed by atoms with E-state index in [2.05, 4.69) is 10.6 Å². The van der Waals surface area contributed by atoms with Crippen molar-refractivity contribution in [2.75, 3.05) is 22.1 Å². The first kappa shape index (κ1) is 27.5. The molecule has 0 atom stereocenters. The SMILES string of the molecule is CCOc1ccc(N2C(=O)C(Cl)=C(Nc3cccc(C(=O)Nc4ccc(OCc5ccccc5)cc4)c3)C2=O)cc1. The van der Waals surface area contributed by atoms with Crippen molar-refractivity contribution in [2.45, 2.75) is 13.5 Å². The Bertz CT molecular complexity index is 1600. The summed E-state index contributed by atoms with van der Waals surface area (Å²) in [6, 6.07) is 30.0. The third kappa shape index (κ3) is 6.40. The lowest BCUT2D eigenvalue weighted by molar-refractivity contribution is -0.120. The van der Waals surface area contributed by atoms with Crippen LogP contribution in [0.3, 0.4) is 0 Å². The number of nitrogens with one attached hydrogen (secondary N) is 2. The minimum Gasteiger partial charge on any atom is -0.494 e. The highest BCUT2D eigenvalue weighted by Crippen LogP contribution is 2.31. The number of halogens is 1. The zero-order chi connectivity index (χ0) is 28.8. The number of imide groups is 1. The Hall–Kier alpha value is -5.08. The normalized spacial score (nSPS) is 12.9. The fourth-order valence-corrected chi connectivity index (χ4v) is 4.38. The number of anilines is 3. The number of benzene rings is 4. The second-order valence-electron chi connectivity index (χ2n) is 9.02. The van der Waals surface area contributed by atoms with Crippen LogP contribution in [0.1, 0.15) is 22.8 Å². The Labute approximate surface area is 242 Å². The minimum atomic E-state index is -0.645. The van der Waals surface area contributed by atoms with E-state index in [1.165, 1.54) is 0 Å². The summed E-state index contributed by atoms with van der Waals surface area (Å²) < 4.78 is 11.2. The van der Waals surface area contributed by atoms with E-state index in [0.29, 0.717) is 47.3 Å². The van der Waals surface area contributed by atoms with E-state index >= 15 is 0 Å². The lowest BCUT2D eigenvalue weighted by Crippen LogP contribution is -2.32. The van der Waals surface area contributed by atoms with Gasteiger partial charge in [-0.25, -0.2) is 4.90 Å². The van der Waals surface area contributed by atoms with Crippen LogP contribution >= 0.6 is 11.6 Å². The quantitative estimate of drug-likeness (QED) is 0.217. The van der Waals surface area contributed by atoms with Gasteiger partial charge in [0, 0.05) is 16.9 Å². The maximum Gasteiger partial charge on any atom is 0.283 e. The molecule has 3 amide bonds. The number of hydrogen-bond acceptors (Lipinski definition) is 6. The van der Waals surface area contributed by atoms with Crippen molar-refractivity contribution in [3.05, 3.63) is 125 Å². The molecule has 4 aromatic carbocycles. The van der Waals surface area contributed by atoms with Gasteiger partial charge in [0.05, 0.1) is 12.3 Å². The smallest absolute Gasteiger partial charge is 0.283 e. The molecular weight excluding hydrogens is 542 g/mol. The summed E-state index contributed by atoms with van der Waals surface area (Å²) in [5, 5.41) is 5.52. The minimum absolute atomic E-state index is 0.0748. The van der Waals surface area contributed by atoms with Crippen LogP contribution in [0.4, 0.5) is 17.1 Å². The number of carbonyl (C=O) groups excluding carboxylic acids is 3. The lowest BCUT2D eigenvalue weighted by Gasteiger charge is -2.16. The maximum absolute atomic E-state index is 13.1. The Morgan fingerprint density at radius 3 is 2.17 bits per heavy atom. The average molecular weight is 568 g/mol. The summed E-state index contributed by atoms with van der Waals surface area (Å²) in [4.78, 5) is 39.9. The molecule has 0 bridgehead atoms. The largest absolute Gasteiger partial charge is 0.494 e. The summed E-state index contributed by atoms with van der Waals surface area (Å²) in [5.41, 5.74) is 2.70. The molecule has 0 saturated carbocycles. The maximum atomic E-state index is 13.1. The van der Waals surface area contributed by atoms with E-state index < -0.39 is 11.8 Å². The second kappa shape index (κ2) is 12.4. The van der Waals surface area contributed by atoms with Crippen molar-refractivity contribution in [3.63, 3.8) is 0 Å². The summed E-state index contributed by atoms with van der Waals surface area (Å²) in [6.45, 7) is 2.80. The van der Waals surface area contributed by atoms with Crippen LogP contribution in [0.2, 0.25) is 0 Å². The van der Waals surface area contributed by atoms with Crippen molar-refractivity contribution in [3.8, 4) is 11.5 Å². The zero-order valence-electron chi connectivity index (χ0n) is 22.1. The second-order valence-corrected chi connectivity index (χ2v) is 9.40. The van der Waals surface area contributed by atoms with Gasteiger partial charge in [-0.15, -0.1) is 0 Å². The molecule has 9 heteroatoms. The van der Waals surface area contributed by atoms with Gasteiger partial charge in [-0.1, -0.05) is 48.0 Å². The van der Waals surface area contributed by atoms with Crippen LogP contribution < -0.4 is 25.0 Å². The van der Waals surface area contributed by atoms with Crippen LogP contribution in [0.5, 0.6) is 11.5 Å². The van der Waals surface area contributed by atoms with Gasteiger partial charge >= 0.3 is 0 Å². The number of ether oxygens (including phenoxy) is 2. The Morgan fingerprint density at radius 1 is 0.780 bits per heavy atom. The standard InChI is InChI=1S/C32H26ClN3O5/c1-2-40-26-17-13-25(14-18-26)36-31(38)28(33)29(32(36)39)34-24-10-6-9-22(19-24)30(37)35-23-11-15-27(16-12-23)41-20-21-7-4-3-5-8-21/h3-19,34H,2,20H2,1H3,(H,35,37). The molecule has 5 rings (SSSR count). The highest BCUT2D eigenvalue weighted by Gasteiger charge is 2.39. The summed E-state index contributed by atoms with van der Waals surface area (Å²) in [5.74, 6) is -0.299. The molecule has 1 aliphatic heterocycles. The first-order valence-corrected chi connectivity index (χ1v) is 13.3. The Balaban J connectivity index is 1.22. The van der Waals surface area contributed by atoms with Crippen molar-refractivity contribution >= 4 is 46.4 Å². The van der Waals surface area contributed by atoms with Gasteiger partial charge in [0.25, 0.3) is 17.7 Å². The molecule has 2 N–H and O–H groups in total. The summed E-state index contributed by atoms with van der Waals surface area (Å²) in [6.07, 6.45) is 0. The van der Waals surface area contributed by atoms with E-state index in [9.17, 15) is 14.4 Å². The predicted molar refractivity (Wildman–Crippen MR) is 158 cm³/mol. The van der Waals surface area contributed by atoms with Crippen LogP contribution in [-0.4, -0.2) is 24.3 Å². The van der Waals surface area contributed by atoms with Crippen molar-refractivity contribution in [1.29, 1.82) is 0 Å². The van der Waals surface area contributed by atoms with Gasteiger partial charge in [-0.2, -0.15) is 0 Å². The van der Waals surface area contributed by atoms with Crippen molar-refractivity contribution in [2.24, 2.45) is 0 Å². The molecule has 0 aliphatic carbocycles. The molecule has 1 heterocycles. The molecule has 0 spiro atoms. The van der Waals surface area contributed by atoms with E-state index in [1.807, 2.05) is 37.3 Å². The topological polar surface area (TPSA) is 97.0 Å². The van der Waals surface area contributed by atoms with Crippen molar-refractivity contribution in [1.82, 2.24) is 0 Å². The number of carbonyl (C=O) groups is 3. The molecular formula is C32H26ClN3O5. The number of rotatable bonds is 10. The molecule has 0 fully saturated rings. The van der Waals surface area contributed by atoms with Gasteiger partial charge < -0.3 is 20.1 Å². The van der Waals surface area contributed by atoms with E-state index in [-0.39, 0.29) is 16.6 Å². The Morgan fingerprint density at radius 2 is 1.46 bits per heavy atom. The van der Waals surface area contributed by atoms with E-state index in [1.54, 1.807) is 72.8 Å². The molecule has 1 aliphatic rings. The predicted octanol–water partition coefficient (Wildman–Crippen LogP) is 6.35. The van der Waals surface area contributed by atoms with Gasteiger partial charge in [-0.3, -0.25) is 14.4 Å². The molecule has 4 aromatic rings. The molecule has 0 aromatic heterocycles. The number of hydrogen-bond donors (Lipinski definition) is 2. The van der Waals surface area contributed by atoms with Gasteiger partial charge in [0.1, 0.15) is 28.8 Å². The molecule has 8 nitrogen and oxygen atoms in total. The first-order chi connectivity index (χ1) is 19.9. The van der Waals surface area contributed by atoms with Crippen LogP contribution in [0.15, 0.2) is 114 Å². The van der Waals surface area contributed by atoms with Crippen LogP contribution in [0, 0.1) is 0 Å². The molecule has 0 unspecified atom stereocenters. The van der Waals surface area contributed by atoms with Crippen LogP contribution in [0.25, 0.3) is 0 Å². The number of nitrogens with zero attached hydrogens (tertiary/aromatic N) is 1. The highest BCUT2D eigenvalue weighted by atomic mass is 35.5. The Kier molecular flexibility index (Phi) is 8.31. The van der Waals surface area contributed by atoms with Crippen molar-refractivity contribution < 1.29 is 23.9 Å². The third-order valence-corrected chi connectivity index (χ3v) is 6.54. The summed E-state index contributed by atoms with van der Waals surface area (Å²) >= 11 is 6.27. The van der Waals surface area contributed by atoms with Crippen LogP contribution in [-0.2, 0) is 16.2 Å². The third-order valence-electron chi connectivity index (χ3n) is 6.19. The monoisotopic (exact) mass is 567 g/mol. The van der Waals surface area contributed by atoms with Gasteiger partial charge in [0.15, 0.2) is 0 Å². The highest BCUT2D eigenvalue weighted by molar-refractivity contribution is 6.53. The van der Waals surface area contributed by atoms with Gasteiger partial charge in [-0.05, 0) is 79.2 Å². The van der Waals surface area contributed by atoms with E-state index in [4.69, 9.17) is 21.1 Å². The first-order valence-electron chi connectivity index (χ1n) is 12.9. The summed E-state index contributed by atoms with van der Waals surface area (Å²) in [7, 11) is 0. The lowest BCUT2D eigenvalue weighted by atomic mass is 10.1. The van der Waals surface area contributed by atoms with E-state index in [0.717, 1.165) is 10.5 Å². The average Bonchev–Trinajstić information content (AvgIpc) is 3.21. The molecule has 41 heavy (non-hydrogen) atoms. The fraction of sp³-hybridized carbons (Fsp3) is 0.0938. The molecule has 0 saturated heterocycles. The molecule has 206 valence electrons. The zero-order valence-corrected chi connectivity index (χ0v) is 22.9.